The monoisotopic (exact) mass is 925 g/mol. The van der Waals surface area contributed by atoms with E-state index in [1.54, 1.807) is 66.7 Å². The van der Waals surface area contributed by atoms with Crippen LogP contribution in [0.2, 0.25) is 25.9 Å². The van der Waals surface area contributed by atoms with Crippen molar-refractivity contribution in [2.75, 3.05) is 0 Å². The van der Waals surface area contributed by atoms with E-state index in [4.69, 9.17) is 9.72 Å². The Hall–Kier alpha value is -7.30. The van der Waals surface area contributed by atoms with E-state index >= 15 is 0 Å². The first-order chi connectivity index (χ1) is 37.8. The van der Waals surface area contributed by atoms with E-state index in [0.29, 0.717) is 11.0 Å². The Morgan fingerprint density at radius 1 is 0.448 bits per heavy atom. The van der Waals surface area contributed by atoms with E-state index in [1.165, 1.54) is 30.3 Å². The summed E-state index contributed by atoms with van der Waals surface area (Å²) in [5.41, 5.74) is 4.16. The summed E-state index contributed by atoms with van der Waals surface area (Å²) in [4.78, 5) is 5.21. The molecule has 0 radical (unpaired) electrons. The van der Waals surface area contributed by atoms with Gasteiger partial charge < -0.3 is 4.74 Å². The maximum absolute atomic E-state index is 10.1. The maximum atomic E-state index is 10.1. The average Bonchev–Trinajstić information content (AvgIpc) is 4.16. The van der Waals surface area contributed by atoms with Gasteiger partial charge in [0.2, 0.25) is 5.78 Å². The van der Waals surface area contributed by atoms with Crippen LogP contribution in [0.5, 0.6) is 11.5 Å². The van der Waals surface area contributed by atoms with Crippen molar-refractivity contribution in [3.05, 3.63) is 248 Å². The van der Waals surface area contributed by atoms with Crippen LogP contribution in [0.25, 0.3) is 33.5 Å². The molecule has 1 aliphatic rings. The summed E-state index contributed by atoms with van der Waals surface area (Å²) in [5.74, 6) is 0.665. The molecule has 324 valence electrons. The quantitative estimate of drug-likeness (QED) is 0.107. The summed E-state index contributed by atoms with van der Waals surface area (Å²) >= 11 is 0. The minimum absolute atomic E-state index is 0.0156. The van der Waals surface area contributed by atoms with Crippen LogP contribution in [0.3, 0.4) is 0 Å². The van der Waals surface area contributed by atoms with Crippen LogP contribution in [0.4, 0.5) is 0 Å². The van der Waals surface area contributed by atoms with Gasteiger partial charge in [0.05, 0.1) is 38.2 Å². The fourth-order valence-electron chi connectivity index (χ4n) is 11.1. The molecule has 7 heteroatoms. The SMILES string of the molecule is [2H]C([2H])([2H])[Si](c1ccccc1)(C([2H])([2H])[2H])C1([Si](c2ccccc2)(C([2H])([2H])[2H])C([2H])([2H])[2H])c2ccccc2Oc2c1cccc2[Si](c1ccccc1)(c1ccccc1)c1cccc(-n2c3ccccc3n3c4ccccc4nc23)c1. The maximum Gasteiger partial charge on any atom is 0.220 e. The van der Waals surface area contributed by atoms with Crippen LogP contribution in [-0.2, 0) is 4.66 Å². The highest BCUT2D eigenvalue weighted by Crippen LogP contribution is 2.56. The Kier molecular flexibility index (Phi) is 7.03. The van der Waals surface area contributed by atoms with Crippen molar-refractivity contribution in [1.82, 2.24) is 14.0 Å². The van der Waals surface area contributed by atoms with Crippen molar-refractivity contribution in [3.63, 3.8) is 0 Å². The number of nitrogens with zero attached hydrogens (tertiary/aromatic N) is 3. The molecule has 0 amide bonds. The van der Waals surface area contributed by atoms with Gasteiger partial charge in [0.25, 0.3) is 0 Å². The molecular formula is C60H51N3OSi3. The van der Waals surface area contributed by atoms with Crippen molar-refractivity contribution in [2.24, 2.45) is 0 Å². The topological polar surface area (TPSA) is 31.5 Å². The molecule has 0 saturated carbocycles. The summed E-state index contributed by atoms with van der Waals surface area (Å²) in [6.07, 6.45) is 0. The van der Waals surface area contributed by atoms with Gasteiger partial charge in [0.15, 0.2) is 8.07 Å². The number of aromatic nitrogens is 3. The van der Waals surface area contributed by atoms with Crippen molar-refractivity contribution >= 4 is 83.2 Å². The molecule has 0 atom stereocenters. The molecule has 4 nitrogen and oxygen atoms in total. The highest BCUT2D eigenvalue weighted by molar-refractivity contribution is 7.20. The third-order valence-corrected chi connectivity index (χ3v) is 26.7. The number of hydrogen-bond acceptors (Lipinski definition) is 2. The zero-order valence-corrected chi connectivity index (χ0v) is 39.3. The Bertz CT molecular complexity index is 3950. The van der Waals surface area contributed by atoms with Crippen LogP contribution in [-0.4, -0.2) is 38.2 Å². The summed E-state index contributed by atoms with van der Waals surface area (Å²) < 4.78 is 130. The number of para-hydroxylation sites is 6. The van der Waals surface area contributed by atoms with E-state index in [2.05, 4.69) is 33.2 Å². The molecule has 3 heterocycles. The van der Waals surface area contributed by atoms with E-state index in [0.717, 1.165) is 43.3 Å². The van der Waals surface area contributed by atoms with Crippen LogP contribution in [0.15, 0.2) is 237 Å². The first-order valence-electron chi connectivity index (χ1n) is 28.4. The second-order valence-corrected chi connectivity index (χ2v) is 27.3. The fraction of sp³-hybridized carbons (Fsp3) is 0.0833. The number of benzene rings is 9. The van der Waals surface area contributed by atoms with Crippen molar-refractivity contribution in [2.45, 2.75) is 30.6 Å². The van der Waals surface area contributed by atoms with Gasteiger partial charge in [-0.2, -0.15) is 0 Å². The molecule has 0 fully saturated rings. The molecule has 12 rings (SSSR count). The van der Waals surface area contributed by atoms with Crippen LogP contribution >= 0.6 is 0 Å². The van der Waals surface area contributed by atoms with E-state index in [-0.39, 0.29) is 33.0 Å². The summed E-state index contributed by atoms with van der Waals surface area (Å²) in [6.45, 7) is -14.1. The molecule has 67 heavy (non-hydrogen) atoms. The second kappa shape index (κ2) is 15.7. The van der Waals surface area contributed by atoms with Gasteiger partial charge in [-0.1, -0.05) is 230 Å². The van der Waals surface area contributed by atoms with Crippen molar-refractivity contribution < 1.29 is 21.2 Å². The van der Waals surface area contributed by atoms with Gasteiger partial charge in [-0.15, -0.1) is 0 Å². The zero-order valence-electron chi connectivity index (χ0n) is 48.3. The summed E-state index contributed by atoms with van der Waals surface area (Å²) in [5, 5.41) is 2.78. The number of ether oxygens (including phenoxy) is 1. The molecule has 1 aliphatic heterocycles. The Labute approximate surface area is 412 Å². The highest BCUT2D eigenvalue weighted by Gasteiger charge is 2.64. The summed E-state index contributed by atoms with van der Waals surface area (Å²) in [6, 6.07) is 70.9. The average molecular weight is 926 g/mol. The smallest absolute Gasteiger partial charge is 0.220 e. The minimum atomic E-state index is -6.03. The Balaban J connectivity index is 1.32. The molecule has 9 aromatic carbocycles. The molecular weight excluding hydrogens is 863 g/mol. The van der Waals surface area contributed by atoms with Gasteiger partial charge >= 0.3 is 0 Å². The standard InChI is InChI=1S/C60H51N3OSi3/c1-65(2,45-26-9-5-10-27-45)60(66(3,4)46-28-11-6-12-29-46)50-35-17-22-41-56(50)64-58-51(60)36-24-42-57(58)67(47-30-13-7-14-31-47,48-32-15-8-16-33-48)49-34-23-25-44(43-49)62-54-39-20-21-40-55(54)63-53-38-19-18-37-52(53)61-59(62)63/h5-43H,1-4H3/i1D3,2D3,3D3,4D3. The zero-order chi connectivity index (χ0) is 55.4. The highest BCUT2D eigenvalue weighted by atomic mass is 28.4. The van der Waals surface area contributed by atoms with Crippen LogP contribution in [0, 0.1) is 0 Å². The molecule has 0 bridgehead atoms. The third-order valence-electron chi connectivity index (χ3n) is 13.9. The molecule has 0 aliphatic carbocycles. The lowest BCUT2D eigenvalue weighted by Gasteiger charge is -2.58. The predicted octanol–water partition coefficient (Wildman–Crippen LogP) is 10.5. The number of hydrogen-bond donors (Lipinski definition) is 0. The van der Waals surface area contributed by atoms with Crippen molar-refractivity contribution in [3.8, 4) is 17.2 Å². The van der Waals surface area contributed by atoms with Gasteiger partial charge in [0, 0.05) is 37.9 Å². The molecule has 0 saturated heterocycles. The second-order valence-electron chi connectivity index (χ2n) is 17.4. The van der Waals surface area contributed by atoms with Gasteiger partial charge in [-0.25, -0.2) is 4.98 Å². The normalized spacial score (nSPS) is 17.0. The molecule has 0 N–H and O–H groups in total. The fourth-order valence-corrected chi connectivity index (χ4v) is 23.8. The van der Waals surface area contributed by atoms with E-state index < -0.39 is 54.8 Å². The molecule has 0 unspecified atom stereocenters. The first kappa shape index (κ1) is 30.1. The lowest BCUT2D eigenvalue weighted by molar-refractivity contribution is 0.453. The predicted molar refractivity (Wildman–Crippen MR) is 288 cm³/mol. The molecule has 11 aromatic rings. The van der Waals surface area contributed by atoms with Gasteiger partial charge in [-0.3, -0.25) is 8.97 Å². The van der Waals surface area contributed by atoms with Gasteiger partial charge in [-0.05, 0) is 63.2 Å². The minimum Gasteiger partial charge on any atom is -0.457 e. The lowest BCUT2D eigenvalue weighted by atomic mass is 9.98. The number of imidazole rings is 2. The lowest BCUT2D eigenvalue weighted by Crippen LogP contribution is -2.77. The largest absolute Gasteiger partial charge is 0.457 e. The molecule has 0 spiro atoms. The number of fused-ring (bicyclic) bond motifs is 7. The number of rotatable bonds is 9. The van der Waals surface area contributed by atoms with E-state index in [9.17, 15) is 16.4 Å². The van der Waals surface area contributed by atoms with Gasteiger partial charge in [0.1, 0.15) is 11.5 Å². The van der Waals surface area contributed by atoms with Crippen molar-refractivity contribution in [1.29, 1.82) is 0 Å². The Morgan fingerprint density at radius 2 is 0.940 bits per heavy atom. The summed E-state index contributed by atoms with van der Waals surface area (Å²) in [7, 11) is -16.1. The Morgan fingerprint density at radius 3 is 1.57 bits per heavy atom. The first-order valence-corrected chi connectivity index (χ1v) is 28.4. The van der Waals surface area contributed by atoms with E-state index in [1.807, 2.05) is 115 Å². The van der Waals surface area contributed by atoms with Crippen LogP contribution < -0.4 is 35.9 Å². The van der Waals surface area contributed by atoms with Crippen LogP contribution in [0.1, 0.15) is 27.6 Å². The molecule has 2 aromatic heterocycles. The third kappa shape index (κ3) is 5.84.